The van der Waals surface area contributed by atoms with Crippen LogP contribution < -0.4 is 4.90 Å². The Labute approximate surface area is 87.8 Å². The van der Waals surface area contributed by atoms with E-state index < -0.39 is 0 Å². The zero-order valence-electron chi connectivity index (χ0n) is 8.31. The molecule has 0 spiro atoms. The lowest BCUT2D eigenvalue weighted by molar-refractivity contribution is 0.145. The summed E-state index contributed by atoms with van der Waals surface area (Å²) < 4.78 is 4.26. The molecule has 0 radical (unpaired) electrons. The van der Waals surface area contributed by atoms with E-state index in [4.69, 9.17) is 0 Å². The van der Waals surface area contributed by atoms with Crippen LogP contribution in [-0.2, 0) is 6.42 Å². The first-order valence-corrected chi connectivity index (χ1v) is 5.82. The van der Waals surface area contributed by atoms with E-state index in [1.807, 2.05) is 0 Å². The van der Waals surface area contributed by atoms with Crippen molar-refractivity contribution in [2.24, 2.45) is 0 Å². The predicted octanol–water partition coefficient (Wildman–Crippen LogP) is 1.06. The molecule has 1 aromatic heterocycles. The second-order valence-electron chi connectivity index (χ2n) is 3.56. The molecule has 0 unspecified atom stereocenters. The molecular formula is C9H15N3OS. The van der Waals surface area contributed by atoms with Gasteiger partial charge in [0.15, 0.2) is 0 Å². The van der Waals surface area contributed by atoms with Crippen molar-refractivity contribution in [2.45, 2.75) is 32.3 Å². The zero-order chi connectivity index (χ0) is 9.97. The maximum Gasteiger partial charge on any atom is 0.205 e. The molecule has 0 aliphatic carbocycles. The topological polar surface area (TPSA) is 49.2 Å². The van der Waals surface area contributed by atoms with Crippen LogP contribution in [0.4, 0.5) is 5.13 Å². The third-order valence-electron chi connectivity index (χ3n) is 2.51. The van der Waals surface area contributed by atoms with Crippen LogP contribution in [0, 0.1) is 0 Å². The number of aromatic nitrogens is 2. The molecule has 2 heterocycles. The summed E-state index contributed by atoms with van der Waals surface area (Å²) >= 11 is 1.47. The summed E-state index contributed by atoms with van der Waals surface area (Å²) in [7, 11) is 0. The summed E-state index contributed by atoms with van der Waals surface area (Å²) in [5.41, 5.74) is 0. The minimum absolute atomic E-state index is 0.121. The van der Waals surface area contributed by atoms with Crippen LogP contribution in [0.25, 0.3) is 0 Å². The SMILES string of the molecule is CCc1nsc(N2CCC(O)CC2)n1. The van der Waals surface area contributed by atoms with Crippen molar-refractivity contribution in [1.29, 1.82) is 0 Å². The molecule has 1 N–H and O–H groups in total. The molecule has 2 rings (SSSR count). The second-order valence-corrected chi connectivity index (χ2v) is 4.30. The minimum Gasteiger partial charge on any atom is -0.393 e. The van der Waals surface area contributed by atoms with Crippen molar-refractivity contribution >= 4 is 16.7 Å². The van der Waals surface area contributed by atoms with Gasteiger partial charge in [-0.1, -0.05) is 6.92 Å². The maximum absolute atomic E-state index is 9.37. The van der Waals surface area contributed by atoms with Gasteiger partial charge in [0.25, 0.3) is 0 Å². The smallest absolute Gasteiger partial charge is 0.205 e. The number of nitrogens with zero attached hydrogens (tertiary/aromatic N) is 3. The van der Waals surface area contributed by atoms with Gasteiger partial charge in [0, 0.05) is 31.0 Å². The molecule has 4 nitrogen and oxygen atoms in total. The van der Waals surface area contributed by atoms with E-state index in [-0.39, 0.29) is 6.10 Å². The molecule has 14 heavy (non-hydrogen) atoms. The zero-order valence-corrected chi connectivity index (χ0v) is 9.13. The Bertz CT molecular complexity index is 294. The van der Waals surface area contributed by atoms with Crippen molar-refractivity contribution < 1.29 is 5.11 Å². The van der Waals surface area contributed by atoms with Crippen LogP contribution in [-0.4, -0.2) is 33.7 Å². The van der Waals surface area contributed by atoms with Crippen molar-refractivity contribution in [3.63, 3.8) is 0 Å². The fourth-order valence-corrected chi connectivity index (χ4v) is 2.38. The Balaban J connectivity index is 2.01. The van der Waals surface area contributed by atoms with Gasteiger partial charge >= 0.3 is 0 Å². The molecule has 1 aromatic rings. The Morgan fingerprint density at radius 1 is 1.50 bits per heavy atom. The highest BCUT2D eigenvalue weighted by molar-refractivity contribution is 7.09. The van der Waals surface area contributed by atoms with Crippen LogP contribution >= 0.6 is 11.5 Å². The summed E-state index contributed by atoms with van der Waals surface area (Å²) in [6.07, 6.45) is 2.47. The average molecular weight is 213 g/mol. The number of hydrogen-bond acceptors (Lipinski definition) is 5. The lowest BCUT2D eigenvalue weighted by atomic mass is 10.1. The fourth-order valence-electron chi connectivity index (χ4n) is 1.57. The molecule has 0 bridgehead atoms. The Hall–Kier alpha value is -0.680. The predicted molar refractivity (Wildman–Crippen MR) is 56.7 cm³/mol. The van der Waals surface area contributed by atoms with E-state index in [1.54, 1.807) is 0 Å². The van der Waals surface area contributed by atoms with Crippen LogP contribution in [0.5, 0.6) is 0 Å². The van der Waals surface area contributed by atoms with Crippen molar-refractivity contribution in [3.05, 3.63) is 5.82 Å². The first-order chi connectivity index (χ1) is 6.79. The number of rotatable bonds is 2. The molecule has 1 aliphatic rings. The molecule has 1 aliphatic heterocycles. The Kier molecular flexibility index (Phi) is 2.98. The number of aryl methyl sites for hydroxylation is 1. The third-order valence-corrected chi connectivity index (χ3v) is 3.32. The Morgan fingerprint density at radius 2 is 2.21 bits per heavy atom. The van der Waals surface area contributed by atoms with Crippen LogP contribution in [0.3, 0.4) is 0 Å². The highest BCUT2D eigenvalue weighted by atomic mass is 32.1. The van der Waals surface area contributed by atoms with E-state index in [2.05, 4.69) is 21.2 Å². The molecule has 5 heteroatoms. The molecular weight excluding hydrogens is 198 g/mol. The van der Waals surface area contributed by atoms with Crippen molar-refractivity contribution in [3.8, 4) is 0 Å². The third kappa shape index (κ3) is 2.04. The van der Waals surface area contributed by atoms with Crippen LogP contribution in [0.15, 0.2) is 0 Å². The van der Waals surface area contributed by atoms with E-state index in [0.717, 1.165) is 43.3 Å². The average Bonchev–Trinajstić information content (AvgIpc) is 2.67. The number of hydrogen-bond donors (Lipinski definition) is 1. The molecule has 0 atom stereocenters. The van der Waals surface area contributed by atoms with Gasteiger partial charge in [0.05, 0.1) is 6.10 Å². The number of piperidine rings is 1. The van der Waals surface area contributed by atoms with Gasteiger partial charge in [-0.05, 0) is 12.8 Å². The standard InChI is InChI=1S/C9H15N3OS/c1-2-8-10-9(14-11-8)12-5-3-7(13)4-6-12/h7,13H,2-6H2,1H3. The van der Waals surface area contributed by atoms with Gasteiger partial charge in [-0.15, -0.1) is 0 Å². The monoisotopic (exact) mass is 213 g/mol. The first-order valence-electron chi connectivity index (χ1n) is 5.05. The minimum atomic E-state index is -0.121. The normalized spacial score (nSPS) is 18.9. The summed E-state index contributed by atoms with van der Waals surface area (Å²) in [5, 5.41) is 10.4. The van der Waals surface area contributed by atoms with Gasteiger partial charge in [0.2, 0.25) is 5.13 Å². The molecule has 78 valence electrons. The Morgan fingerprint density at radius 3 is 2.79 bits per heavy atom. The number of aliphatic hydroxyl groups excluding tert-OH is 1. The summed E-state index contributed by atoms with van der Waals surface area (Å²) in [5.74, 6) is 0.927. The largest absolute Gasteiger partial charge is 0.393 e. The lowest BCUT2D eigenvalue weighted by Crippen LogP contribution is -2.35. The van der Waals surface area contributed by atoms with Crippen molar-refractivity contribution in [2.75, 3.05) is 18.0 Å². The van der Waals surface area contributed by atoms with E-state index in [1.165, 1.54) is 11.5 Å². The summed E-state index contributed by atoms with van der Waals surface area (Å²) in [6.45, 7) is 3.87. The van der Waals surface area contributed by atoms with Gasteiger partial charge < -0.3 is 10.0 Å². The fraction of sp³-hybridized carbons (Fsp3) is 0.778. The molecule has 1 saturated heterocycles. The van der Waals surface area contributed by atoms with Gasteiger partial charge in [-0.2, -0.15) is 4.37 Å². The molecule has 0 amide bonds. The van der Waals surface area contributed by atoms with Crippen LogP contribution in [0.1, 0.15) is 25.6 Å². The molecule has 0 aromatic carbocycles. The summed E-state index contributed by atoms with van der Waals surface area (Å²) in [4.78, 5) is 6.64. The van der Waals surface area contributed by atoms with Gasteiger partial charge in [-0.3, -0.25) is 0 Å². The first kappa shape index (κ1) is 9.86. The second kappa shape index (κ2) is 4.23. The molecule has 1 fully saturated rings. The quantitative estimate of drug-likeness (QED) is 0.798. The van der Waals surface area contributed by atoms with Gasteiger partial charge in [0.1, 0.15) is 5.82 Å². The van der Waals surface area contributed by atoms with E-state index in [0.29, 0.717) is 0 Å². The number of anilines is 1. The summed E-state index contributed by atoms with van der Waals surface area (Å²) in [6, 6.07) is 0. The lowest BCUT2D eigenvalue weighted by Gasteiger charge is -2.28. The van der Waals surface area contributed by atoms with E-state index in [9.17, 15) is 5.11 Å². The highest BCUT2D eigenvalue weighted by Crippen LogP contribution is 2.21. The van der Waals surface area contributed by atoms with Crippen molar-refractivity contribution in [1.82, 2.24) is 9.36 Å². The maximum atomic E-state index is 9.37. The van der Waals surface area contributed by atoms with E-state index >= 15 is 0 Å². The highest BCUT2D eigenvalue weighted by Gasteiger charge is 2.19. The van der Waals surface area contributed by atoms with Gasteiger partial charge in [-0.25, -0.2) is 4.98 Å². The van der Waals surface area contributed by atoms with Crippen LogP contribution in [0.2, 0.25) is 0 Å². The number of aliphatic hydroxyl groups is 1. The molecule has 0 saturated carbocycles.